The second-order valence-corrected chi connectivity index (χ2v) is 8.63. The summed E-state index contributed by atoms with van der Waals surface area (Å²) in [7, 11) is -0.873. The number of amides is 1. The number of hydrogen-bond acceptors (Lipinski definition) is 6. The molecule has 1 N–H and O–H groups in total. The molecule has 0 atom stereocenters. The minimum atomic E-state index is -3.91. The molecule has 1 heterocycles. The summed E-state index contributed by atoms with van der Waals surface area (Å²) in [5.74, 6) is 0.0570. The minimum absolute atomic E-state index is 0.0912. The minimum Gasteiger partial charge on any atom is -0.497 e. The molecular formula is C20H24FN3O5S. The summed E-state index contributed by atoms with van der Waals surface area (Å²) >= 11 is 0. The molecule has 1 aliphatic heterocycles. The van der Waals surface area contributed by atoms with E-state index in [0.717, 1.165) is 6.07 Å². The normalized spacial score (nSPS) is 15.6. The molecular weight excluding hydrogens is 413 g/mol. The standard InChI is InChI=1S/C20H24FN3O5S/c1-28-15-7-8-18(29-2)17(13-15)22-20(25)14-23-9-11-24(12-10-23)30(26,27)19-6-4-3-5-16(19)21/h3-8,13H,9-12,14H2,1-2H3,(H,22,25). The third-order valence-corrected chi connectivity index (χ3v) is 6.77. The van der Waals surface area contributed by atoms with Crippen molar-refractivity contribution in [2.24, 2.45) is 0 Å². The van der Waals surface area contributed by atoms with Gasteiger partial charge >= 0.3 is 0 Å². The van der Waals surface area contributed by atoms with Crippen molar-refractivity contribution in [1.82, 2.24) is 9.21 Å². The fourth-order valence-corrected chi connectivity index (χ4v) is 4.71. The number of carbonyl (C=O) groups excluding carboxylic acids is 1. The molecule has 2 aromatic carbocycles. The zero-order chi connectivity index (χ0) is 21.7. The Labute approximate surface area is 175 Å². The van der Waals surface area contributed by atoms with Crippen LogP contribution in [-0.4, -0.2) is 70.5 Å². The van der Waals surface area contributed by atoms with Crippen LogP contribution in [0.4, 0.5) is 10.1 Å². The molecule has 1 fully saturated rings. The Bertz CT molecular complexity index is 1010. The van der Waals surface area contributed by atoms with Crippen molar-refractivity contribution in [3.05, 3.63) is 48.3 Å². The molecule has 0 radical (unpaired) electrons. The van der Waals surface area contributed by atoms with Gasteiger partial charge in [0.2, 0.25) is 15.9 Å². The number of rotatable bonds is 7. The van der Waals surface area contributed by atoms with Crippen molar-refractivity contribution in [3.8, 4) is 11.5 Å². The molecule has 1 aliphatic rings. The number of halogens is 1. The maximum absolute atomic E-state index is 13.9. The van der Waals surface area contributed by atoms with E-state index in [2.05, 4.69) is 5.32 Å². The molecule has 0 spiro atoms. The van der Waals surface area contributed by atoms with Gasteiger partial charge in [-0.2, -0.15) is 4.31 Å². The summed E-state index contributed by atoms with van der Waals surface area (Å²) in [5, 5.41) is 2.79. The van der Waals surface area contributed by atoms with Crippen molar-refractivity contribution >= 4 is 21.6 Å². The lowest BCUT2D eigenvalue weighted by atomic mass is 10.2. The molecule has 1 amide bonds. The number of nitrogens with one attached hydrogen (secondary N) is 1. The maximum Gasteiger partial charge on any atom is 0.246 e. The number of ether oxygens (including phenoxy) is 2. The second-order valence-electron chi connectivity index (χ2n) is 6.73. The van der Waals surface area contributed by atoms with Gasteiger partial charge in [0, 0.05) is 32.2 Å². The van der Waals surface area contributed by atoms with Crippen molar-refractivity contribution < 1.29 is 27.1 Å². The number of piperazine rings is 1. The quantitative estimate of drug-likeness (QED) is 0.711. The summed E-state index contributed by atoms with van der Waals surface area (Å²) in [4.78, 5) is 14.0. The van der Waals surface area contributed by atoms with Gasteiger partial charge in [0.25, 0.3) is 0 Å². The average Bonchev–Trinajstić information content (AvgIpc) is 2.74. The Morgan fingerprint density at radius 1 is 1.07 bits per heavy atom. The van der Waals surface area contributed by atoms with E-state index in [1.807, 2.05) is 4.90 Å². The van der Waals surface area contributed by atoms with E-state index in [9.17, 15) is 17.6 Å². The molecule has 8 nitrogen and oxygen atoms in total. The molecule has 3 rings (SSSR count). The lowest BCUT2D eigenvalue weighted by Gasteiger charge is -2.33. The monoisotopic (exact) mass is 437 g/mol. The first kappa shape index (κ1) is 22.0. The topological polar surface area (TPSA) is 88.2 Å². The van der Waals surface area contributed by atoms with Gasteiger partial charge in [-0.3, -0.25) is 9.69 Å². The van der Waals surface area contributed by atoms with Crippen molar-refractivity contribution in [3.63, 3.8) is 0 Å². The summed E-state index contributed by atoms with van der Waals surface area (Å²) in [6, 6.07) is 10.4. The maximum atomic E-state index is 13.9. The summed E-state index contributed by atoms with van der Waals surface area (Å²) in [5.41, 5.74) is 0.489. The number of benzene rings is 2. The first-order valence-corrected chi connectivity index (χ1v) is 10.8. The van der Waals surface area contributed by atoms with Crippen LogP contribution in [0, 0.1) is 5.82 Å². The number of methoxy groups -OCH3 is 2. The van der Waals surface area contributed by atoms with Gasteiger partial charge in [0.15, 0.2) is 0 Å². The molecule has 0 unspecified atom stereocenters. The van der Waals surface area contributed by atoms with Crippen LogP contribution >= 0.6 is 0 Å². The fraction of sp³-hybridized carbons (Fsp3) is 0.350. The highest BCUT2D eigenvalue weighted by Crippen LogP contribution is 2.29. The third-order valence-electron chi connectivity index (χ3n) is 4.83. The van der Waals surface area contributed by atoms with Crippen LogP contribution in [0.15, 0.2) is 47.4 Å². The highest BCUT2D eigenvalue weighted by molar-refractivity contribution is 7.89. The summed E-state index contributed by atoms with van der Waals surface area (Å²) < 4.78 is 50.9. The predicted octanol–water partition coefficient (Wildman–Crippen LogP) is 1.79. The SMILES string of the molecule is COc1ccc(OC)c(NC(=O)CN2CCN(S(=O)(=O)c3ccccc3F)CC2)c1. The molecule has 2 aromatic rings. The molecule has 0 aliphatic carbocycles. The van der Waals surface area contributed by atoms with E-state index < -0.39 is 15.8 Å². The van der Waals surface area contributed by atoms with Gasteiger partial charge in [-0.25, -0.2) is 12.8 Å². The van der Waals surface area contributed by atoms with Gasteiger partial charge in [0.05, 0.1) is 26.5 Å². The van der Waals surface area contributed by atoms with Crippen LogP contribution in [0.2, 0.25) is 0 Å². The largest absolute Gasteiger partial charge is 0.497 e. The molecule has 10 heteroatoms. The first-order valence-electron chi connectivity index (χ1n) is 9.34. The Hall–Kier alpha value is -2.69. The summed E-state index contributed by atoms with van der Waals surface area (Å²) in [6.07, 6.45) is 0. The molecule has 1 saturated heterocycles. The molecule has 0 saturated carbocycles. The Balaban J connectivity index is 1.59. The van der Waals surface area contributed by atoms with Crippen LogP contribution in [-0.2, 0) is 14.8 Å². The van der Waals surface area contributed by atoms with E-state index >= 15 is 0 Å². The van der Waals surface area contributed by atoms with Gasteiger partial charge < -0.3 is 14.8 Å². The summed E-state index contributed by atoms with van der Waals surface area (Å²) in [6.45, 7) is 1.15. The highest BCUT2D eigenvalue weighted by atomic mass is 32.2. The van der Waals surface area contributed by atoms with Gasteiger partial charge in [0.1, 0.15) is 22.2 Å². The molecule has 162 valence electrons. The van der Waals surface area contributed by atoms with Gasteiger partial charge in [-0.1, -0.05) is 12.1 Å². The molecule has 0 bridgehead atoms. The Kier molecular flexibility index (Phi) is 6.91. The van der Waals surface area contributed by atoms with E-state index in [1.165, 1.54) is 36.7 Å². The second kappa shape index (κ2) is 9.41. The number of nitrogens with zero attached hydrogens (tertiary/aromatic N) is 2. The Morgan fingerprint density at radius 2 is 1.77 bits per heavy atom. The van der Waals surface area contributed by atoms with Crippen LogP contribution in [0.3, 0.4) is 0 Å². The number of carbonyl (C=O) groups is 1. The third kappa shape index (κ3) is 4.89. The van der Waals surface area contributed by atoms with Gasteiger partial charge in [-0.05, 0) is 24.3 Å². The van der Waals surface area contributed by atoms with E-state index in [0.29, 0.717) is 30.3 Å². The average molecular weight is 437 g/mol. The van der Waals surface area contributed by atoms with E-state index in [4.69, 9.17) is 9.47 Å². The van der Waals surface area contributed by atoms with Crippen LogP contribution in [0.1, 0.15) is 0 Å². The number of sulfonamides is 1. The lowest BCUT2D eigenvalue weighted by molar-refractivity contribution is -0.117. The van der Waals surface area contributed by atoms with Crippen LogP contribution in [0.5, 0.6) is 11.5 Å². The van der Waals surface area contributed by atoms with Crippen LogP contribution in [0.25, 0.3) is 0 Å². The van der Waals surface area contributed by atoms with Crippen molar-refractivity contribution in [2.45, 2.75) is 4.90 Å². The smallest absolute Gasteiger partial charge is 0.246 e. The predicted molar refractivity (Wildman–Crippen MR) is 110 cm³/mol. The first-order chi connectivity index (χ1) is 14.3. The molecule has 30 heavy (non-hydrogen) atoms. The number of anilines is 1. The van der Waals surface area contributed by atoms with Gasteiger partial charge in [-0.15, -0.1) is 0 Å². The zero-order valence-electron chi connectivity index (χ0n) is 16.8. The number of hydrogen-bond donors (Lipinski definition) is 1. The van der Waals surface area contributed by atoms with Crippen molar-refractivity contribution in [2.75, 3.05) is 52.3 Å². The van der Waals surface area contributed by atoms with E-state index in [-0.39, 0.29) is 30.4 Å². The fourth-order valence-electron chi connectivity index (χ4n) is 3.23. The zero-order valence-corrected chi connectivity index (χ0v) is 17.6. The van der Waals surface area contributed by atoms with Crippen LogP contribution < -0.4 is 14.8 Å². The highest BCUT2D eigenvalue weighted by Gasteiger charge is 2.30. The molecule has 0 aromatic heterocycles. The lowest BCUT2D eigenvalue weighted by Crippen LogP contribution is -2.50. The van der Waals surface area contributed by atoms with E-state index in [1.54, 1.807) is 18.2 Å². The van der Waals surface area contributed by atoms with Crippen molar-refractivity contribution in [1.29, 1.82) is 0 Å². The Morgan fingerprint density at radius 3 is 2.40 bits per heavy atom.